The van der Waals surface area contributed by atoms with Crippen LogP contribution in [-0.4, -0.2) is 32.7 Å². The zero-order valence-corrected chi connectivity index (χ0v) is 9.58. The number of nitrogens with zero attached hydrogens (tertiary/aromatic N) is 4. The molecule has 0 saturated heterocycles. The monoisotopic (exact) mass is 241 g/mol. The highest BCUT2D eigenvalue weighted by Gasteiger charge is 2.08. The predicted molar refractivity (Wildman–Crippen MR) is 65.1 cm³/mol. The Bertz CT molecular complexity index is 570. The van der Waals surface area contributed by atoms with Crippen LogP contribution in [0, 0.1) is 12.3 Å². The summed E-state index contributed by atoms with van der Waals surface area (Å²) in [5.41, 5.74) is 0.854. The van der Waals surface area contributed by atoms with E-state index in [-0.39, 0.29) is 19.0 Å². The van der Waals surface area contributed by atoms with E-state index in [9.17, 15) is 4.79 Å². The third-order valence-electron chi connectivity index (χ3n) is 2.16. The molecule has 6 heteroatoms. The minimum absolute atomic E-state index is 0.00150. The highest BCUT2D eigenvalue weighted by molar-refractivity contribution is 5.75. The number of tetrazole rings is 1. The summed E-state index contributed by atoms with van der Waals surface area (Å²) in [6.07, 6.45) is 5.04. The second kappa shape index (κ2) is 5.59. The molecule has 0 bridgehead atoms. The minimum Gasteiger partial charge on any atom is -0.344 e. The summed E-state index contributed by atoms with van der Waals surface area (Å²) in [4.78, 5) is 12.6. The van der Waals surface area contributed by atoms with Crippen molar-refractivity contribution < 1.29 is 4.79 Å². The van der Waals surface area contributed by atoms with Crippen LogP contribution >= 0.6 is 0 Å². The molecule has 0 aliphatic rings. The van der Waals surface area contributed by atoms with E-state index in [1.165, 1.54) is 4.80 Å². The van der Waals surface area contributed by atoms with E-state index < -0.39 is 0 Å². The molecular formula is C12H11N5O. The van der Waals surface area contributed by atoms with Crippen molar-refractivity contribution in [1.82, 2.24) is 25.5 Å². The molecule has 0 atom stereocenters. The number of carbonyl (C=O) groups excluding carboxylic acids is 1. The number of hydrogen-bond donors (Lipinski definition) is 1. The molecule has 18 heavy (non-hydrogen) atoms. The van der Waals surface area contributed by atoms with Crippen LogP contribution in [0.2, 0.25) is 0 Å². The Hall–Kier alpha value is -2.68. The van der Waals surface area contributed by atoms with Gasteiger partial charge in [0.1, 0.15) is 6.54 Å². The number of hydrogen-bond acceptors (Lipinski definition) is 4. The summed E-state index contributed by atoms with van der Waals surface area (Å²) in [6, 6.07) is 9.42. The molecule has 1 aromatic carbocycles. The highest BCUT2D eigenvalue weighted by atomic mass is 16.2. The molecule has 0 radical (unpaired) electrons. The van der Waals surface area contributed by atoms with Crippen molar-refractivity contribution in [3.63, 3.8) is 0 Å². The SMILES string of the molecule is C#CCNC(=O)Cn1nnc(-c2ccccc2)n1. The zero-order chi connectivity index (χ0) is 12.8. The van der Waals surface area contributed by atoms with Gasteiger partial charge in [-0.25, -0.2) is 0 Å². The molecule has 0 spiro atoms. The topological polar surface area (TPSA) is 72.7 Å². The quantitative estimate of drug-likeness (QED) is 0.770. The molecule has 0 unspecified atom stereocenters. The first-order valence-electron chi connectivity index (χ1n) is 5.33. The third-order valence-corrected chi connectivity index (χ3v) is 2.16. The van der Waals surface area contributed by atoms with Gasteiger partial charge in [-0.05, 0) is 5.21 Å². The number of aromatic nitrogens is 4. The molecule has 2 aromatic rings. The lowest BCUT2D eigenvalue weighted by Crippen LogP contribution is -2.28. The molecule has 6 nitrogen and oxygen atoms in total. The standard InChI is InChI=1S/C12H11N5O/c1-2-8-13-11(18)9-17-15-12(14-16-17)10-6-4-3-5-7-10/h1,3-7H,8-9H2,(H,13,18). The van der Waals surface area contributed by atoms with Crippen molar-refractivity contribution in [2.75, 3.05) is 6.54 Å². The second-order valence-corrected chi connectivity index (χ2v) is 3.49. The van der Waals surface area contributed by atoms with Gasteiger partial charge in [0.05, 0.1) is 6.54 Å². The molecule has 2 rings (SSSR count). The van der Waals surface area contributed by atoms with E-state index in [1.54, 1.807) is 0 Å². The first-order chi connectivity index (χ1) is 8.79. The molecule has 0 aliphatic carbocycles. The van der Waals surface area contributed by atoms with Crippen LogP contribution in [0.3, 0.4) is 0 Å². The van der Waals surface area contributed by atoms with Crippen molar-refractivity contribution in [3.8, 4) is 23.7 Å². The number of nitrogens with one attached hydrogen (secondary N) is 1. The fraction of sp³-hybridized carbons (Fsp3) is 0.167. The Morgan fingerprint density at radius 2 is 2.17 bits per heavy atom. The number of rotatable bonds is 4. The largest absolute Gasteiger partial charge is 0.344 e. The minimum atomic E-state index is -0.245. The van der Waals surface area contributed by atoms with Gasteiger partial charge in [0.15, 0.2) is 0 Å². The summed E-state index contributed by atoms with van der Waals surface area (Å²) in [6.45, 7) is 0.195. The Morgan fingerprint density at radius 3 is 2.89 bits per heavy atom. The van der Waals surface area contributed by atoms with Crippen molar-refractivity contribution >= 4 is 5.91 Å². The molecule has 1 N–H and O–H groups in total. The molecule has 90 valence electrons. The molecular weight excluding hydrogens is 230 g/mol. The van der Waals surface area contributed by atoms with Gasteiger partial charge in [0, 0.05) is 5.56 Å². The maximum Gasteiger partial charge on any atom is 0.244 e. The smallest absolute Gasteiger partial charge is 0.244 e. The highest BCUT2D eigenvalue weighted by Crippen LogP contribution is 2.11. The summed E-state index contributed by atoms with van der Waals surface area (Å²) in [5.74, 6) is 2.56. The Morgan fingerprint density at radius 1 is 1.39 bits per heavy atom. The van der Waals surface area contributed by atoms with Gasteiger partial charge in [0.2, 0.25) is 11.7 Å². The first kappa shape index (κ1) is 11.8. The average molecular weight is 241 g/mol. The maximum atomic E-state index is 11.4. The van der Waals surface area contributed by atoms with Gasteiger partial charge >= 0.3 is 0 Å². The third kappa shape index (κ3) is 2.92. The lowest BCUT2D eigenvalue weighted by atomic mass is 10.2. The normalized spacial score (nSPS) is 9.72. The number of carbonyl (C=O) groups is 1. The van der Waals surface area contributed by atoms with Crippen LogP contribution < -0.4 is 5.32 Å². The van der Waals surface area contributed by atoms with E-state index in [0.717, 1.165) is 5.56 Å². The number of amides is 1. The molecule has 1 amide bonds. The first-order valence-corrected chi connectivity index (χ1v) is 5.33. The Labute approximate surface area is 104 Å². The van der Waals surface area contributed by atoms with Crippen LogP contribution in [0.4, 0.5) is 0 Å². The lowest BCUT2D eigenvalue weighted by molar-refractivity contribution is -0.121. The number of benzene rings is 1. The van der Waals surface area contributed by atoms with Crippen LogP contribution in [0.1, 0.15) is 0 Å². The molecule has 1 aromatic heterocycles. The summed E-state index contributed by atoms with van der Waals surface area (Å²) in [7, 11) is 0. The summed E-state index contributed by atoms with van der Waals surface area (Å²) in [5, 5.41) is 14.3. The zero-order valence-electron chi connectivity index (χ0n) is 9.58. The van der Waals surface area contributed by atoms with Crippen LogP contribution in [0.15, 0.2) is 30.3 Å². The van der Waals surface area contributed by atoms with E-state index in [4.69, 9.17) is 6.42 Å². The predicted octanol–water partition coefficient (Wildman–Crippen LogP) is 0.0895. The average Bonchev–Trinajstić information content (AvgIpc) is 2.86. The fourth-order valence-electron chi connectivity index (χ4n) is 1.35. The van der Waals surface area contributed by atoms with E-state index in [1.807, 2.05) is 30.3 Å². The summed E-state index contributed by atoms with van der Waals surface area (Å²) >= 11 is 0. The van der Waals surface area contributed by atoms with Crippen molar-refractivity contribution in [3.05, 3.63) is 30.3 Å². The second-order valence-electron chi connectivity index (χ2n) is 3.49. The Kier molecular flexibility index (Phi) is 3.66. The van der Waals surface area contributed by atoms with E-state index >= 15 is 0 Å². The number of terminal acetylenes is 1. The fourth-order valence-corrected chi connectivity index (χ4v) is 1.35. The molecule has 1 heterocycles. The van der Waals surface area contributed by atoms with E-state index in [0.29, 0.717) is 5.82 Å². The van der Waals surface area contributed by atoms with Gasteiger partial charge in [-0.1, -0.05) is 36.3 Å². The van der Waals surface area contributed by atoms with E-state index in [2.05, 4.69) is 26.6 Å². The molecule has 0 saturated carbocycles. The summed E-state index contributed by atoms with van der Waals surface area (Å²) < 4.78 is 0. The molecule has 0 aliphatic heterocycles. The molecule has 0 fully saturated rings. The van der Waals surface area contributed by atoms with Crippen LogP contribution in [0.5, 0.6) is 0 Å². The van der Waals surface area contributed by atoms with Gasteiger partial charge in [0.25, 0.3) is 0 Å². The lowest BCUT2D eigenvalue weighted by Gasteiger charge is -1.98. The van der Waals surface area contributed by atoms with Crippen molar-refractivity contribution in [1.29, 1.82) is 0 Å². The van der Waals surface area contributed by atoms with Crippen molar-refractivity contribution in [2.24, 2.45) is 0 Å². The maximum absolute atomic E-state index is 11.4. The van der Waals surface area contributed by atoms with Crippen molar-refractivity contribution in [2.45, 2.75) is 6.54 Å². The van der Waals surface area contributed by atoms with Crippen LogP contribution in [-0.2, 0) is 11.3 Å². The van der Waals surface area contributed by atoms with Crippen LogP contribution in [0.25, 0.3) is 11.4 Å². The van der Waals surface area contributed by atoms with Gasteiger partial charge in [-0.3, -0.25) is 4.79 Å². The van der Waals surface area contributed by atoms with Gasteiger partial charge in [-0.15, -0.1) is 16.6 Å². The van der Waals surface area contributed by atoms with Gasteiger partial charge < -0.3 is 5.32 Å². The van der Waals surface area contributed by atoms with Gasteiger partial charge in [-0.2, -0.15) is 4.80 Å². The Balaban J connectivity index is 2.03.